The molecule has 0 saturated carbocycles. The Hall–Kier alpha value is -6.74. The monoisotopic (exact) mass is 820 g/mol. The van der Waals surface area contributed by atoms with Crippen LogP contribution in [0, 0.1) is 13.8 Å². The van der Waals surface area contributed by atoms with Gasteiger partial charge in [0.15, 0.2) is 0 Å². The average Bonchev–Trinajstić information content (AvgIpc) is 3.77. The van der Waals surface area contributed by atoms with E-state index in [0.717, 1.165) is 79.0 Å². The van der Waals surface area contributed by atoms with Crippen molar-refractivity contribution < 1.29 is 16.8 Å². The van der Waals surface area contributed by atoms with Gasteiger partial charge in [-0.15, -0.1) is 0 Å². The van der Waals surface area contributed by atoms with Gasteiger partial charge in [-0.1, -0.05) is 91.0 Å². The molecule has 0 unspecified atom stereocenters. The van der Waals surface area contributed by atoms with Crippen molar-refractivity contribution in [3.8, 4) is 11.4 Å². The molecule has 0 atom stereocenters. The van der Waals surface area contributed by atoms with Crippen LogP contribution in [-0.2, 0) is 32.5 Å². The molecule has 2 heterocycles. The molecule has 60 heavy (non-hydrogen) atoms. The van der Waals surface area contributed by atoms with Crippen molar-refractivity contribution in [3.63, 3.8) is 0 Å². The van der Waals surface area contributed by atoms with Gasteiger partial charge in [0.1, 0.15) is 0 Å². The second-order valence-corrected chi connectivity index (χ2v) is 19.4. The second-order valence-electron chi connectivity index (χ2n) is 15.5. The molecule has 0 aliphatic rings. The molecule has 10 aromatic rings. The minimum atomic E-state index is -3.72. The van der Waals surface area contributed by atoms with Gasteiger partial charge in [-0.05, 0) is 140 Å². The molecule has 0 N–H and O–H groups in total. The number of benzene rings is 8. The largest absolute Gasteiger partial charge is 0.309 e. The van der Waals surface area contributed by atoms with Crippen molar-refractivity contribution in [2.24, 2.45) is 0 Å². The number of rotatable bonds is 9. The minimum absolute atomic E-state index is 0.251. The van der Waals surface area contributed by atoms with E-state index >= 15 is 0 Å². The lowest BCUT2D eigenvalue weighted by Gasteiger charge is -2.12. The third-order valence-corrected chi connectivity index (χ3v) is 15.1. The first kappa shape index (κ1) is 37.5. The molecule has 8 heteroatoms. The highest BCUT2D eigenvalue weighted by Gasteiger charge is 2.21. The summed E-state index contributed by atoms with van der Waals surface area (Å²) in [5, 5.41) is 4.48. The van der Waals surface area contributed by atoms with E-state index in [2.05, 4.69) is 95.8 Å². The maximum atomic E-state index is 13.7. The van der Waals surface area contributed by atoms with Crippen LogP contribution in [0.2, 0.25) is 0 Å². The highest BCUT2D eigenvalue weighted by Crippen LogP contribution is 2.37. The molecule has 0 saturated heterocycles. The van der Waals surface area contributed by atoms with Crippen LogP contribution in [0.3, 0.4) is 0 Å². The zero-order chi connectivity index (χ0) is 41.2. The molecule has 0 fully saturated rings. The Balaban J connectivity index is 1.02. The number of sulfone groups is 2. The Labute approximate surface area is 349 Å². The van der Waals surface area contributed by atoms with E-state index in [1.807, 2.05) is 36.4 Å². The van der Waals surface area contributed by atoms with E-state index in [1.165, 1.54) is 11.1 Å². The summed E-state index contributed by atoms with van der Waals surface area (Å²) in [5.74, 6) is 0. The van der Waals surface area contributed by atoms with Crippen molar-refractivity contribution in [3.05, 3.63) is 204 Å². The molecule has 0 amide bonds. The molecule has 2 aromatic heterocycles. The summed E-state index contributed by atoms with van der Waals surface area (Å²) in [6, 6.07) is 57.8. The quantitative estimate of drug-likeness (QED) is 0.145. The molecule has 0 spiro atoms. The van der Waals surface area contributed by atoms with E-state index in [9.17, 15) is 16.8 Å². The highest BCUT2D eigenvalue weighted by molar-refractivity contribution is 7.91. The van der Waals surface area contributed by atoms with Crippen LogP contribution < -0.4 is 0 Å². The summed E-state index contributed by atoms with van der Waals surface area (Å²) in [4.78, 5) is 1.05. The normalized spacial score (nSPS) is 12.2. The third kappa shape index (κ3) is 6.40. The van der Waals surface area contributed by atoms with Crippen molar-refractivity contribution in [1.29, 1.82) is 0 Å². The predicted molar refractivity (Wildman–Crippen MR) is 242 cm³/mol. The van der Waals surface area contributed by atoms with Gasteiger partial charge >= 0.3 is 0 Å². The van der Waals surface area contributed by atoms with Crippen LogP contribution in [0.15, 0.2) is 202 Å². The molecule has 8 aromatic carbocycles. The van der Waals surface area contributed by atoms with Crippen molar-refractivity contribution in [2.45, 2.75) is 46.3 Å². The predicted octanol–water partition coefficient (Wildman–Crippen LogP) is 11.9. The first-order valence-electron chi connectivity index (χ1n) is 19.9. The first-order chi connectivity index (χ1) is 29.1. The van der Waals surface area contributed by atoms with Gasteiger partial charge in [0.05, 0.1) is 41.6 Å². The Kier molecular flexibility index (Phi) is 9.08. The van der Waals surface area contributed by atoms with Crippen LogP contribution in [-0.4, -0.2) is 26.0 Å². The Bertz CT molecular complexity index is 3520. The SMILES string of the molecule is Cc1ccc2c3ccc(CCc4ccc5c6ccc(C)cc6n(-c6cccc(S(=O)(=O)c7ccccc7)c6)c5c4)cc3n(-c3ccc(S(=O)(=O)c4ccccc4)cc3)c2c1. The molecular weight excluding hydrogens is 781 g/mol. The van der Waals surface area contributed by atoms with E-state index in [-0.39, 0.29) is 19.6 Å². The van der Waals surface area contributed by atoms with E-state index in [1.54, 1.807) is 72.8 Å². The van der Waals surface area contributed by atoms with Gasteiger partial charge in [-0.2, -0.15) is 0 Å². The smallest absolute Gasteiger partial charge is 0.206 e. The summed E-state index contributed by atoms with van der Waals surface area (Å²) < 4.78 is 58.7. The fourth-order valence-corrected chi connectivity index (χ4v) is 11.1. The molecule has 10 rings (SSSR count). The third-order valence-electron chi connectivity index (χ3n) is 11.6. The minimum Gasteiger partial charge on any atom is -0.309 e. The van der Waals surface area contributed by atoms with Crippen LogP contribution in [0.25, 0.3) is 55.0 Å². The van der Waals surface area contributed by atoms with Gasteiger partial charge in [0.2, 0.25) is 19.7 Å². The Morgan fingerprint density at radius 1 is 0.350 bits per heavy atom. The van der Waals surface area contributed by atoms with Crippen LogP contribution in [0.1, 0.15) is 22.3 Å². The number of hydrogen-bond donors (Lipinski definition) is 0. The Morgan fingerprint density at radius 2 is 0.750 bits per heavy atom. The number of nitrogens with zero attached hydrogens (tertiary/aromatic N) is 2. The zero-order valence-electron chi connectivity index (χ0n) is 33.1. The van der Waals surface area contributed by atoms with Gasteiger partial charge in [-0.25, -0.2) is 16.8 Å². The van der Waals surface area contributed by atoms with Gasteiger partial charge < -0.3 is 9.13 Å². The standard InChI is InChI=1S/C52H40N2O4S2/c1-35-16-26-45-47-28-20-37(32-51(47)53(49(45)30-35)39-22-24-43(25-23-39)59(55,56)41-11-5-3-6-12-41)18-19-38-21-29-48-46-27-17-36(2)31-50(46)54(52(48)33-38)40-10-9-15-44(34-40)60(57,58)42-13-7-4-8-14-42/h3-17,20-34H,18-19H2,1-2H3. The molecule has 294 valence electrons. The number of fused-ring (bicyclic) bond motifs is 6. The molecule has 0 bridgehead atoms. The molecule has 0 radical (unpaired) electrons. The summed E-state index contributed by atoms with van der Waals surface area (Å²) in [6.45, 7) is 4.16. The van der Waals surface area contributed by atoms with E-state index in [0.29, 0.717) is 0 Å². The topological polar surface area (TPSA) is 78.1 Å². The number of aromatic nitrogens is 2. The van der Waals surface area contributed by atoms with Crippen LogP contribution in [0.5, 0.6) is 0 Å². The molecule has 0 aliphatic carbocycles. The first-order valence-corrected chi connectivity index (χ1v) is 22.9. The van der Waals surface area contributed by atoms with E-state index < -0.39 is 19.7 Å². The molecule has 6 nitrogen and oxygen atoms in total. The average molecular weight is 821 g/mol. The summed E-state index contributed by atoms with van der Waals surface area (Å²) >= 11 is 0. The van der Waals surface area contributed by atoms with E-state index in [4.69, 9.17) is 0 Å². The maximum absolute atomic E-state index is 13.7. The summed E-state index contributed by atoms with van der Waals surface area (Å²) in [5.41, 5.74) is 10.5. The number of hydrogen-bond acceptors (Lipinski definition) is 4. The van der Waals surface area contributed by atoms with Crippen molar-refractivity contribution >= 4 is 63.3 Å². The molecular formula is C52H40N2O4S2. The van der Waals surface area contributed by atoms with Gasteiger partial charge in [0, 0.05) is 32.9 Å². The van der Waals surface area contributed by atoms with Crippen molar-refractivity contribution in [2.75, 3.05) is 0 Å². The van der Waals surface area contributed by atoms with Gasteiger partial charge in [-0.3, -0.25) is 0 Å². The van der Waals surface area contributed by atoms with Crippen LogP contribution in [0.4, 0.5) is 0 Å². The lowest BCUT2D eigenvalue weighted by Crippen LogP contribution is -2.03. The lowest BCUT2D eigenvalue weighted by atomic mass is 10.0. The summed E-state index contributed by atoms with van der Waals surface area (Å²) in [6.07, 6.45) is 1.58. The van der Waals surface area contributed by atoms with Crippen LogP contribution >= 0.6 is 0 Å². The van der Waals surface area contributed by atoms with Crippen molar-refractivity contribution in [1.82, 2.24) is 9.13 Å². The fraction of sp³-hybridized carbons (Fsp3) is 0.0769. The molecule has 0 aliphatic heterocycles. The highest BCUT2D eigenvalue weighted by atomic mass is 32.2. The number of aryl methyl sites for hydroxylation is 4. The summed E-state index contributed by atoms with van der Waals surface area (Å²) in [7, 11) is -7.37. The lowest BCUT2D eigenvalue weighted by molar-refractivity contribution is 0.594. The fourth-order valence-electron chi connectivity index (χ4n) is 8.54. The Morgan fingerprint density at radius 3 is 1.25 bits per heavy atom. The second kappa shape index (κ2) is 14.5. The maximum Gasteiger partial charge on any atom is 0.206 e. The zero-order valence-corrected chi connectivity index (χ0v) is 34.7. The van der Waals surface area contributed by atoms with Gasteiger partial charge in [0.25, 0.3) is 0 Å².